The fraction of sp³-hybridized carbons (Fsp3) is 0.318. The van der Waals surface area contributed by atoms with Crippen LogP contribution in [-0.4, -0.2) is 41.1 Å². The van der Waals surface area contributed by atoms with E-state index < -0.39 is 0 Å². The normalized spacial score (nSPS) is 15.1. The van der Waals surface area contributed by atoms with E-state index in [4.69, 9.17) is 9.26 Å². The molecule has 0 radical (unpaired) electrons. The minimum absolute atomic E-state index is 0.00302. The maximum absolute atomic E-state index is 12.6. The molecule has 4 rings (SSSR count). The Bertz CT molecular complexity index is 998. The Balaban J connectivity index is 1.28. The van der Waals surface area contributed by atoms with Crippen LogP contribution in [0.15, 0.2) is 57.5 Å². The standard InChI is InChI=1S/C22H23BrN4O3/c1-29-19-7-5-18(6-8-19)24-22(28)15-9-11-27(12-10-15)14-20-25-21(26-30-20)16-3-2-4-17(23)13-16/h2-8,13,15H,9-12,14H2,1H3,(H,24,28). The molecule has 1 saturated heterocycles. The van der Waals surface area contributed by atoms with E-state index in [0.717, 1.165) is 47.4 Å². The van der Waals surface area contributed by atoms with Crippen LogP contribution in [0.25, 0.3) is 11.4 Å². The van der Waals surface area contributed by atoms with E-state index in [-0.39, 0.29) is 11.8 Å². The molecule has 1 aliphatic heterocycles. The van der Waals surface area contributed by atoms with Crippen LogP contribution in [0.2, 0.25) is 0 Å². The van der Waals surface area contributed by atoms with Crippen LogP contribution in [0.5, 0.6) is 5.75 Å². The highest BCUT2D eigenvalue weighted by Gasteiger charge is 2.26. The van der Waals surface area contributed by atoms with Crippen molar-refractivity contribution in [2.24, 2.45) is 5.92 Å². The molecule has 1 aliphatic rings. The minimum Gasteiger partial charge on any atom is -0.497 e. The first-order valence-electron chi connectivity index (χ1n) is 9.86. The molecule has 156 valence electrons. The molecule has 3 aromatic rings. The van der Waals surface area contributed by atoms with Gasteiger partial charge in [-0.15, -0.1) is 0 Å². The van der Waals surface area contributed by atoms with Crippen LogP contribution in [0, 0.1) is 5.92 Å². The lowest BCUT2D eigenvalue weighted by Crippen LogP contribution is -2.37. The number of nitrogens with one attached hydrogen (secondary N) is 1. The second-order valence-corrected chi connectivity index (χ2v) is 8.21. The number of halogens is 1. The molecule has 8 heteroatoms. The Morgan fingerprint density at radius 2 is 2.00 bits per heavy atom. The summed E-state index contributed by atoms with van der Waals surface area (Å²) in [7, 11) is 1.62. The monoisotopic (exact) mass is 470 g/mol. The molecule has 0 spiro atoms. The lowest BCUT2D eigenvalue weighted by molar-refractivity contribution is -0.121. The molecule has 0 saturated carbocycles. The number of benzene rings is 2. The Kier molecular flexibility index (Phi) is 6.44. The number of rotatable bonds is 6. The summed E-state index contributed by atoms with van der Waals surface area (Å²) < 4.78 is 11.5. The highest BCUT2D eigenvalue weighted by atomic mass is 79.9. The first-order valence-corrected chi connectivity index (χ1v) is 10.7. The van der Waals surface area contributed by atoms with Gasteiger partial charge in [0.25, 0.3) is 0 Å². The molecule has 0 unspecified atom stereocenters. The van der Waals surface area contributed by atoms with Crippen molar-refractivity contribution in [2.45, 2.75) is 19.4 Å². The predicted octanol–water partition coefficient (Wildman–Crippen LogP) is 4.36. The van der Waals surface area contributed by atoms with Gasteiger partial charge in [-0.3, -0.25) is 9.69 Å². The largest absolute Gasteiger partial charge is 0.497 e. The van der Waals surface area contributed by atoms with Crippen molar-refractivity contribution < 1.29 is 14.1 Å². The lowest BCUT2D eigenvalue weighted by Gasteiger charge is -2.30. The quantitative estimate of drug-likeness (QED) is 0.576. The summed E-state index contributed by atoms with van der Waals surface area (Å²) in [5.74, 6) is 2.01. The molecule has 0 aliphatic carbocycles. The van der Waals surface area contributed by atoms with Gasteiger partial charge < -0.3 is 14.6 Å². The number of carbonyl (C=O) groups excluding carboxylic acids is 1. The molecule has 1 aromatic heterocycles. The summed E-state index contributed by atoms with van der Waals surface area (Å²) in [5, 5.41) is 7.08. The van der Waals surface area contributed by atoms with Gasteiger partial charge in [-0.25, -0.2) is 0 Å². The summed E-state index contributed by atoms with van der Waals surface area (Å²) in [6.07, 6.45) is 1.60. The van der Waals surface area contributed by atoms with Crippen molar-refractivity contribution in [1.82, 2.24) is 15.0 Å². The molecule has 30 heavy (non-hydrogen) atoms. The van der Waals surface area contributed by atoms with Crippen molar-refractivity contribution in [3.63, 3.8) is 0 Å². The predicted molar refractivity (Wildman–Crippen MR) is 117 cm³/mol. The number of carbonyl (C=O) groups is 1. The first kappa shape index (κ1) is 20.6. The third-order valence-electron chi connectivity index (χ3n) is 5.23. The molecule has 1 fully saturated rings. The van der Waals surface area contributed by atoms with Crippen molar-refractivity contribution in [1.29, 1.82) is 0 Å². The van der Waals surface area contributed by atoms with Crippen LogP contribution < -0.4 is 10.1 Å². The van der Waals surface area contributed by atoms with Gasteiger partial charge in [0, 0.05) is 21.6 Å². The molecule has 7 nitrogen and oxygen atoms in total. The molecule has 2 heterocycles. The zero-order valence-electron chi connectivity index (χ0n) is 16.7. The summed E-state index contributed by atoms with van der Waals surface area (Å²) in [6, 6.07) is 15.2. The summed E-state index contributed by atoms with van der Waals surface area (Å²) >= 11 is 3.46. The molecular weight excluding hydrogens is 448 g/mol. The van der Waals surface area contributed by atoms with Gasteiger partial charge in [0.05, 0.1) is 13.7 Å². The Morgan fingerprint density at radius 1 is 1.23 bits per heavy atom. The lowest BCUT2D eigenvalue weighted by atomic mass is 9.96. The second-order valence-electron chi connectivity index (χ2n) is 7.29. The number of hydrogen-bond donors (Lipinski definition) is 1. The number of anilines is 1. The summed E-state index contributed by atoms with van der Waals surface area (Å²) in [4.78, 5) is 19.3. The number of methoxy groups -OCH3 is 1. The Labute approximate surface area is 183 Å². The van der Waals surface area contributed by atoms with Gasteiger partial charge in [0.1, 0.15) is 5.75 Å². The van der Waals surface area contributed by atoms with E-state index >= 15 is 0 Å². The topological polar surface area (TPSA) is 80.5 Å². The highest BCUT2D eigenvalue weighted by Crippen LogP contribution is 2.23. The average Bonchev–Trinajstić information content (AvgIpc) is 3.23. The van der Waals surface area contributed by atoms with Gasteiger partial charge in [-0.05, 0) is 62.3 Å². The summed E-state index contributed by atoms with van der Waals surface area (Å²) in [6.45, 7) is 2.22. The fourth-order valence-corrected chi connectivity index (χ4v) is 3.93. The first-order chi connectivity index (χ1) is 14.6. The van der Waals surface area contributed by atoms with E-state index in [9.17, 15) is 4.79 Å². The van der Waals surface area contributed by atoms with E-state index in [1.54, 1.807) is 7.11 Å². The zero-order chi connectivity index (χ0) is 20.9. The van der Waals surface area contributed by atoms with Crippen molar-refractivity contribution >= 4 is 27.5 Å². The molecule has 0 bridgehead atoms. The van der Waals surface area contributed by atoms with Crippen molar-refractivity contribution in [3.8, 4) is 17.1 Å². The van der Waals surface area contributed by atoms with E-state index in [0.29, 0.717) is 18.3 Å². The van der Waals surface area contributed by atoms with Crippen molar-refractivity contribution in [3.05, 3.63) is 58.9 Å². The number of ether oxygens (including phenoxy) is 1. The Hall–Kier alpha value is -2.71. The molecule has 0 atom stereocenters. The van der Waals surface area contributed by atoms with Gasteiger partial charge in [0.2, 0.25) is 17.6 Å². The van der Waals surface area contributed by atoms with Crippen molar-refractivity contribution in [2.75, 3.05) is 25.5 Å². The SMILES string of the molecule is COc1ccc(NC(=O)C2CCN(Cc3nc(-c4cccc(Br)c4)no3)CC2)cc1. The molecule has 1 N–H and O–H groups in total. The van der Waals surface area contributed by atoms with Crippen LogP contribution in [0.3, 0.4) is 0 Å². The minimum atomic E-state index is 0.00302. The van der Waals surface area contributed by atoms with Gasteiger partial charge >= 0.3 is 0 Å². The number of hydrogen-bond acceptors (Lipinski definition) is 6. The molecular formula is C22H23BrN4O3. The third kappa shape index (κ3) is 5.06. The van der Waals surface area contributed by atoms with Gasteiger partial charge in [-0.1, -0.05) is 33.2 Å². The third-order valence-corrected chi connectivity index (χ3v) is 5.72. The number of amides is 1. The maximum atomic E-state index is 12.6. The molecule has 2 aromatic carbocycles. The van der Waals surface area contributed by atoms with E-state index in [1.807, 2.05) is 48.5 Å². The summed E-state index contributed by atoms with van der Waals surface area (Å²) in [5.41, 5.74) is 1.70. The highest BCUT2D eigenvalue weighted by molar-refractivity contribution is 9.10. The van der Waals surface area contributed by atoms with E-state index in [1.165, 1.54) is 0 Å². The Morgan fingerprint density at radius 3 is 2.70 bits per heavy atom. The van der Waals surface area contributed by atoms with E-state index in [2.05, 4.69) is 36.3 Å². The maximum Gasteiger partial charge on any atom is 0.241 e. The van der Waals surface area contributed by atoms with Crippen LogP contribution in [0.1, 0.15) is 18.7 Å². The van der Waals surface area contributed by atoms with Gasteiger partial charge in [-0.2, -0.15) is 4.98 Å². The fourth-order valence-electron chi connectivity index (χ4n) is 3.53. The van der Waals surface area contributed by atoms with Crippen LogP contribution >= 0.6 is 15.9 Å². The van der Waals surface area contributed by atoms with Gasteiger partial charge in [0.15, 0.2) is 0 Å². The average molecular weight is 471 g/mol. The number of aromatic nitrogens is 2. The molecule has 1 amide bonds. The zero-order valence-corrected chi connectivity index (χ0v) is 18.3. The number of nitrogens with zero attached hydrogens (tertiary/aromatic N) is 3. The smallest absolute Gasteiger partial charge is 0.241 e. The number of piperidine rings is 1. The van der Waals surface area contributed by atoms with Crippen LogP contribution in [0.4, 0.5) is 5.69 Å². The second kappa shape index (κ2) is 9.40. The number of likely N-dealkylation sites (tertiary alicyclic amines) is 1. The van der Waals surface area contributed by atoms with Crippen LogP contribution in [-0.2, 0) is 11.3 Å².